The molecule has 6 heteroatoms. The molecule has 2 aromatic rings. The van der Waals surface area contributed by atoms with E-state index in [1.54, 1.807) is 38.1 Å². The number of nitrogens with one attached hydrogen (secondary N) is 1. The van der Waals surface area contributed by atoms with Crippen LogP contribution in [0.25, 0.3) is 0 Å². The summed E-state index contributed by atoms with van der Waals surface area (Å²) >= 11 is 1.29. The molecule has 2 rings (SSSR count). The largest absolute Gasteiger partial charge is 0.508 e. The molecule has 0 unspecified atom stereocenters. The van der Waals surface area contributed by atoms with Gasteiger partial charge in [-0.25, -0.2) is 0 Å². The van der Waals surface area contributed by atoms with Gasteiger partial charge in [0.2, 0.25) is 11.8 Å². The zero-order chi connectivity index (χ0) is 15.4. The number of phenols is 1. The van der Waals surface area contributed by atoms with Gasteiger partial charge in [0.25, 0.3) is 0 Å². The van der Waals surface area contributed by atoms with Crippen LogP contribution >= 0.6 is 11.8 Å². The van der Waals surface area contributed by atoms with E-state index in [2.05, 4.69) is 5.32 Å². The van der Waals surface area contributed by atoms with Gasteiger partial charge in [0, 0.05) is 10.5 Å². The lowest BCUT2D eigenvalue weighted by molar-refractivity contribution is -0.113. The number of nitrogens with zero attached hydrogens (tertiary/aromatic N) is 1. The third-order valence-corrected chi connectivity index (χ3v) is 3.93. The van der Waals surface area contributed by atoms with E-state index in [-0.39, 0.29) is 23.3 Å². The minimum Gasteiger partial charge on any atom is -0.508 e. The summed E-state index contributed by atoms with van der Waals surface area (Å²) in [6.07, 6.45) is 0. The Kier molecular flexibility index (Phi) is 4.55. The Labute approximate surface area is 126 Å². The predicted octanol–water partition coefficient (Wildman–Crippen LogP) is 3.20. The van der Waals surface area contributed by atoms with E-state index in [1.807, 2.05) is 6.07 Å². The average molecular weight is 302 g/mol. The van der Waals surface area contributed by atoms with Crippen molar-refractivity contribution in [3.05, 3.63) is 41.2 Å². The first-order valence-corrected chi connectivity index (χ1v) is 7.21. The lowest BCUT2D eigenvalue weighted by Gasteiger charge is -2.03. The minimum absolute atomic E-state index is 0.157. The van der Waals surface area contributed by atoms with Crippen LogP contribution in [0, 0.1) is 25.2 Å². The maximum absolute atomic E-state index is 11.9. The van der Waals surface area contributed by atoms with Crippen LogP contribution in [-0.2, 0) is 4.79 Å². The maximum atomic E-state index is 11.9. The summed E-state index contributed by atoms with van der Waals surface area (Å²) in [5.41, 5.74) is 1.08. The molecule has 5 nitrogen and oxygen atoms in total. The van der Waals surface area contributed by atoms with E-state index in [0.717, 1.165) is 10.5 Å². The summed E-state index contributed by atoms with van der Waals surface area (Å²) in [6, 6.07) is 8.69. The fraction of sp³-hybridized carbons (Fsp3) is 0.200. The van der Waals surface area contributed by atoms with Crippen LogP contribution in [0.3, 0.4) is 0 Å². The highest BCUT2D eigenvalue weighted by Crippen LogP contribution is 2.26. The second kappa shape index (κ2) is 6.37. The molecule has 1 aromatic carbocycles. The number of hydrogen-bond donors (Lipinski definition) is 2. The number of rotatable bonds is 4. The van der Waals surface area contributed by atoms with Gasteiger partial charge in [-0.3, -0.25) is 10.1 Å². The molecule has 21 heavy (non-hydrogen) atoms. The Morgan fingerprint density at radius 1 is 1.48 bits per heavy atom. The van der Waals surface area contributed by atoms with Crippen LogP contribution in [0.5, 0.6) is 5.75 Å². The molecule has 108 valence electrons. The quantitative estimate of drug-likeness (QED) is 0.847. The molecule has 0 radical (unpaired) electrons. The van der Waals surface area contributed by atoms with Crippen molar-refractivity contribution < 1.29 is 14.3 Å². The molecule has 0 atom stereocenters. The van der Waals surface area contributed by atoms with Gasteiger partial charge in [-0.15, -0.1) is 11.8 Å². The van der Waals surface area contributed by atoms with E-state index in [1.165, 1.54) is 11.8 Å². The number of nitriles is 1. The number of carbonyl (C=O) groups is 1. The fourth-order valence-electron chi connectivity index (χ4n) is 1.73. The number of hydrogen-bond acceptors (Lipinski definition) is 5. The van der Waals surface area contributed by atoms with Crippen molar-refractivity contribution >= 4 is 23.6 Å². The highest BCUT2D eigenvalue weighted by Gasteiger charge is 2.16. The Hall–Kier alpha value is -2.39. The van der Waals surface area contributed by atoms with Crippen molar-refractivity contribution in [2.45, 2.75) is 18.7 Å². The zero-order valence-corrected chi connectivity index (χ0v) is 12.5. The number of thioether (sulfide) groups is 1. The van der Waals surface area contributed by atoms with Crippen molar-refractivity contribution in [1.29, 1.82) is 5.26 Å². The molecule has 1 amide bonds. The first kappa shape index (κ1) is 15.0. The Bertz CT molecular complexity index is 716. The monoisotopic (exact) mass is 302 g/mol. The summed E-state index contributed by atoms with van der Waals surface area (Å²) < 4.78 is 5.37. The first-order chi connectivity index (χ1) is 10.0. The third kappa shape index (κ3) is 3.58. The van der Waals surface area contributed by atoms with Gasteiger partial charge in [-0.05, 0) is 32.0 Å². The smallest absolute Gasteiger partial charge is 0.237 e. The van der Waals surface area contributed by atoms with Gasteiger partial charge in [0.15, 0.2) is 0 Å². The molecule has 1 heterocycles. The fourth-order valence-corrected chi connectivity index (χ4v) is 2.48. The molecule has 0 aliphatic rings. The van der Waals surface area contributed by atoms with Gasteiger partial charge in [0.05, 0.1) is 5.75 Å². The summed E-state index contributed by atoms with van der Waals surface area (Å²) in [6.45, 7) is 3.52. The molecular weight excluding hydrogens is 288 g/mol. The van der Waals surface area contributed by atoms with E-state index >= 15 is 0 Å². The number of aromatic hydroxyl groups is 1. The number of aryl methyl sites for hydroxylation is 1. The number of phenolic OH excluding ortho intramolecular Hbond substituents is 1. The van der Waals surface area contributed by atoms with E-state index in [0.29, 0.717) is 11.3 Å². The van der Waals surface area contributed by atoms with E-state index in [9.17, 15) is 9.90 Å². The number of benzene rings is 1. The van der Waals surface area contributed by atoms with Crippen LogP contribution in [0.2, 0.25) is 0 Å². The van der Waals surface area contributed by atoms with Crippen LogP contribution in [0.4, 0.5) is 5.88 Å². The maximum Gasteiger partial charge on any atom is 0.237 e. The van der Waals surface area contributed by atoms with Crippen molar-refractivity contribution in [3.63, 3.8) is 0 Å². The number of anilines is 1. The van der Waals surface area contributed by atoms with Crippen molar-refractivity contribution in [3.8, 4) is 11.8 Å². The predicted molar refractivity (Wildman–Crippen MR) is 80.4 cm³/mol. The van der Waals surface area contributed by atoms with E-state index in [4.69, 9.17) is 9.68 Å². The molecule has 0 bridgehead atoms. The normalized spacial score (nSPS) is 10.1. The second-order valence-corrected chi connectivity index (χ2v) is 5.48. The Morgan fingerprint density at radius 2 is 2.24 bits per heavy atom. The molecule has 0 fully saturated rings. The van der Waals surface area contributed by atoms with Gasteiger partial charge in [-0.1, -0.05) is 6.07 Å². The Balaban J connectivity index is 2.00. The molecule has 1 aromatic heterocycles. The average Bonchev–Trinajstić information content (AvgIpc) is 2.71. The minimum atomic E-state index is -0.270. The molecule has 0 saturated heterocycles. The van der Waals surface area contributed by atoms with Crippen LogP contribution < -0.4 is 5.32 Å². The molecular formula is C15H14N2O3S. The lowest BCUT2D eigenvalue weighted by atomic mass is 10.2. The molecule has 0 spiro atoms. The van der Waals surface area contributed by atoms with Crippen molar-refractivity contribution in [2.24, 2.45) is 0 Å². The first-order valence-electron chi connectivity index (χ1n) is 6.23. The standard InChI is InChI=1S/C15H14N2O3S/c1-9-10(2)20-15(13(9)7-16)17-14(19)8-21-12-5-3-4-11(18)6-12/h3-6,18H,8H2,1-2H3,(H,17,19). The number of furan rings is 1. The Morgan fingerprint density at radius 3 is 2.90 bits per heavy atom. The van der Waals surface area contributed by atoms with Crippen molar-refractivity contribution in [1.82, 2.24) is 0 Å². The van der Waals surface area contributed by atoms with Gasteiger partial charge in [-0.2, -0.15) is 5.26 Å². The second-order valence-electron chi connectivity index (χ2n) is 4.43. The van der Waals surface area contributed by atoms with Crippen LogP contribution in [0.15, 0.2) is 33.6 Å². The summed E-state index contributed by atoms with van der Waals surface area (Å²) in [5.74, 6) is 0.849. The van der Waals surface area contributed by atoms with Crippen LogP contribution in [-0.4, -0.2) is 16.8 Å². The number of amides is 1. The molecule has 0 aliphatic carbocycles. The van der Waals surface area contributed by atoms with Gasteiger partial charge in [0.1, 0.15) is 23.1 Å². The van der Waals surface area contributed by atoms with Crippen LogP contribution in [0.1, 0.15) is 16.9 Å². The van der Waals surface area contributed by atoms with Crippen molar-refractivity contribution in [2.75, 3.05) is 11.1 Å². The lowest BCUT2D eigenvalue weighted by Crippen LogP contribution is -2.14. The van der Waals surface area contributed by atoms with E-state index < -0.39 is 0 Å². The molecule has 0 saturated carbocycles. The summed E-state index contributed by atoms with van der Waals surface area (Å²) in [4.78, 5) is 12.7. The molecule has 0 aliphatic heterocycles. The van der Waals surface area contributed by atoms with Gasteiger partial charge >= 0.3 is 0 Å². The molecule has 2 N–H and O–H groups in total. The highest BCUT2D eigenvalue weighted by molar-refractivity contribution is 8.00. The topological polar surface area (TPSA) is 86.3 Å². The SMILES string of the molecule is Cc1oc(NC(=O)CSc2cccc(O)c2)c(C#N)c1C. The third-order valence-electron chi connectivity index (χ3n) is 2.94. The summed E-state index contributed by atoms with van der Waals surface area (Å²) in [7, 11) is 0. The highest BCUT2D eigenvalue weighted by atomic mass is 32.2. The van der Waals surface area contributed by atoms with Gasteiger partial charge < -0.3 is 9.52 Å². The summed E-state index contributed by atoms with van der Waals surface area (Å²) in [5, 5.41) is 21.0. The number of carbonyl (C=O) groups excluding carboxylic acids is 1. The zero-order valence-electron chi connectivity index (χ0n) is 11.6.